The van der Waals surface area contributed by atoms with E-state index in [-0.39, 0.29) is 0 Å². The van der Waals surface area contributed by atoms with Crippen molar-refractivity contribution in [1.29, 1.82) is 0 Å². The average molecular weight is 372 g/mol. The average Bonchev–Trinajstić information content (AvgIpc) is 3.27. The van der Waals surface area contributed by atoms with Crippen molar-refractivity contribution in [2.75, 3.05) is 39.9 Å². The quantitative estimate of drug-likeness (QED) is 0.777. The topological polar surface area (TPSA) is 28.6 Å². The van der Waals surface area contributed by atoms with Crippen LogP contribution in [0.5, 0.6) is 0 Å². The Balaban J connectivity index is 1.39. The summed E-state index contributed by atoms with van der Waals surface area (Å²) >= 11 is 1.80. The summed E-state index contributed by atoms with van der Waals surface area (Å²) in [6.07, 6.45) is 4.46. The van der Waals surface area contributed by atoms with Crippen LogP contribution in [0.2, 0.25) is 0 Å². The summed E-state index contributed by atoms with van der Waals surface area (Å²) in [4.78, 5) is 9.74. The fraction of sp³-hybridized carbons (Fsp3) is 0.571. The maximum absolute atomic E-state index is 5.61. The summed E-state index contributed by atoms with van der Waals surface area (Å²) < 4.78 is 5.61. The van der Waals surface area contributed by atoms with E-state index >= 15 is 0 Å². The second kappa shape index (κ2) is 8.17. The molecule has 5 heteroatoms. The molecule has 2 aromatic rings. The second-order valence-electron chi connectivity index (χ2n) is 7.91. The summed E-state index contributed by atoms with van der Waals surface area (Å²) in [5.41, 5.74) is 3.05. The van der Waals surface area contributed by atoms with Gasteiger partial charge in [-0.1, -0.05) is 6.07 Å². The van der Waals surface area contributed by atoms with Crippen molar-refractivity contribution in [3.8, 4) is 0 Å². The van der Waals surface area contributed by atoms with Crippen molar-refractivity contribution in [3.63, 3.8) is 0 Å². The van der Waals surface area contributed by atoms with Gasteiger partial charge >= 0.3 is 0 Å². The van der Waals surface area contributed by atoms with Gasteiger partial charge in [0.15, 0.2) is 0 Å². The van der Waals surface area contributed by atoms with E-state index in [1.165, 1.54) is 43.7 Å². The molecule has 1 atom stereocenters. The Kier molecular flexibility index (Phi) is 5.69. The molecule has 26 heavy (non-hydrogen) atoms. The lowest BCUT2D eigenvalue weighted by atomic mass is 9.71. The standard InChI is InChI=1S/C21H29N3OS/c1-25-15-19-13-24(14-20-4-2-3-8-22-20)17-21(19)6-9-23(10-7-21)12-18-5-11-26-16-18/h2-5,8,11,16,19H,6-7,9-10,12-15,17H2,1H3. The molecule has 2 aromatic heterocycles. The number of aromatic nitrogens is 1. The minimum atomic E-state index is 0.413. The Morgan fingerprint density at radius 2 is 2.08 bits per heavy atom. The third-order valence-corrected chi connectivity index (χ3v) is 6.93. The smallest absolute Gasteiger partial charge is 0.0543 e. The van der Waals surface area contributed by atoms with Crippen molar-refractivity contribution >= 4 is 11.3 Å². The van der Waals surface area contributed by atoms with Gasteiger partial charge in [-0.2, -0.15) is 11.3 Å². The summed E-state index contributed by atoms with van der Waals surface area (Å²) in [6, 6.07) is 8.47. The Bertz CT molecular complexity index is 668. The third kappa shape index (κ3) is 4.01. The predicted octanol–water partition coefficient (Wildman–Crippen LogP) is 3.50. The van der Waals surface area contributed by atoms with E-state index in [4.69, 9.17) is 4.74 Å². The van der Waals surface area contributed by atoms with Crippen LogP contribution in [0.25, 0.3) is 0 Å². The van der Waals surface area contributed by atoms with E-state index in [0.717, 1.165) is 26.2 Å². The maximum atomic E-state index is 5.61. The molecule has 0 N–H and O–H groups in total. The van der Waals surface area contributed by atoms with Gasteiger partial charge in [0.05, 0.1) is 12.3 Å². The highest BCUT2D eigenvalue weighted by Gasteiger charge is 2.47. The summed E-state index contributed by atoms with van der Waals surface area (Å²) in [5, 5.41) is 4.46. The first-order valence-electron chi connectivity index (χ1n) is 9.62. The highest BCUT2D eigenvalue weighted by atomic mass is 32.1. The molecule has 4 heterocycles. The van der Waals surface area contributed by atoms with Gasteiger partial charge in [0.1, 0.15) is 0 Å². The SMILES string of the molecule is COCC1CN(Cc2ccccn2)CC12CCN(Cc1ccsc1)CC2. The van der Waals surface area contributed by atoms with Crippen LogP contribution in [-0.2, 0) is 17.8 Å². The lowest BCUT2D eigenvalue weighted by molar-refractivity contribution is 0.0350. The fourth-order valence-electron chi connectivity index (χ4n) is 4.78. The van der Waals surface area contributed by atoms with Crippen LogP contribution in [0.3, 0.4) is 0 Å². The number of piperidine rings is 1. The van der Waals surface area contributed by atoms with Crippen molar-refractivity contribution in [1.82, 2.24) is 14.8 Å². The minimum Gasteiger partial charge on any atom is -0.384 e. The zero-order valence-corrected chi connectivity index (χ0v) is 16.5. The van der Waals surface area contributed by atoms with Crippen molar-refractivity contribution < 1.29 is 4.74 Å². The molecule has 0 saturated carbocycles. The number of methoxy groups -OCH3 is 1. The number of hydrogen-bond acceptors (Lipinski definition) is 5. The van der Waals surface area contributed by atoms with Crippen molar-refractivity contribution in [3.05, 3.63) is 52.5 Å². The van der Waals surface area contributed by atoms with Gasteiger partial charge < -0.3 is 4.74 Å². The van der Waals surface area contributed by atoms with Gasteiger partial charge in [0.2, 0.25) is 0 Å². The molecular weight excluding hydrogens is 342 g/mol. The summed E-state index contributed by atoms with van der Waals surface area (Å²) in [7, 11) is 1.85. The number of nitrogens with zero attached hydrogens (tertiary/aromatic N) is 3. The molecule has 2 fully saturated rings. The molecule has 140 valence electrons. The monoisotopic (exact) mass is 371 g/mol. The first-order valence-corrected chi connectivity index (χ1v) is 10.6. The van der Waals surface area contributed by atoms with Crippen LogP contribution >= 0.6 is 11.3 Å². The molecule has 1 unspecified atom stereocenters. The molecule has 1 spiro atoms. The molecule has 2 aliphatic rings. The van der Waals surface area contributed by atoms with Crippen molar-refractivity contribution in [2.45, 2.75) is 25.9 Å². The zero-order valence-electron chi connectivity index (χ0n) is 15.6. The van der Waals surface area contributed by atoms with E-state index in [1.54, 1.807) is 11.3 Å². The predicted molar refractivity (Wildman–Crippen MR) is 106 cm³/mol. The van der Waals surface area contributed by atoms with Crippen molar-refractivity contribution in [2.24, 2.45) is 11.3 Å². The largest absolute Gasteiger partial charge is 0.384 e. The Hall–Kier alpha value is -1.27. The van der Waals surface area contributed by atoms with E-state index in [2.05, 4.69) is 43.7 Å². The van der Waals surface area contributed by atoms with Crippen LogP contribution in [0, 0.1) is 11.3 Å². The van der Waals surface area contributed by atoms with Crippen LogP contribution < -0.4 is 0 Å². The number of thiophene rings is 1. The van der Waals surface area contributed by atoms with Crippen LogP contribution in [0.1, 0.15) is 24.1 Å². The molecule has 4 nitrogen and oxygen atoms in total. The lowest BCUT2D eigenvalue weighted by Gasteiger charge is -2.42. The fourth-order valence-corrected chi connectivity index (χ4v) is 5.44. The number of hydrogen-bond donors (Lipinski definition) is 0. The normalized spacial score (nSPS) is 23.7. The highest BCUT2D eigenvalue weighted by Crippen LogP contribution is 2.45. The van der Waals surface area contributed by atoms with Gasteiger partial charge in [-0.25, -0.2) is 0 Å². The summed E-state index contributed by atoms with van der Waals surface area (Å²) in [6.45, 7) is 7.66. The molecule has 2 aliphatic heterocycles. The first-order chi connectivity index (χ1) is 12.8. The number of rotatable bonds is 6. The maximum Gasteiger partial charge on any atom is 0.0543 e. The molecule has 0 bridgehead atoms. The summed E-state index contributed by atoms with van der Waals surface area (Å²) in [5.74, 6) is 0.638. The molecule has 0 aliphatic carbocycles. The third-order valence-electron chi connectivity index (χ3n) is 6.20. The van der Waals surface area contributed by atoms with Gasteiger partial charge in [-0.15, -0.1) is 0 Å². The van der Waals surface area contributed by atoms with Gasteiger partial charge in [-0.3, -0.25) is 14.8 Å². The highest BCUT2D eigenvalue weighted by molar-refractivity contribution is 7.07. The zero-order chi connectivity index (χ0) is 17.8. The van der Waals surface area contributed by atoms with E-state index in [0.29, 0.717) is 11.3 Å². The molecular formula is C21H29N3OS. The molecule has 4 rings (SSSR count). The second-order valence-corrected chi connectivity index (χ2v) is 8.69. The Labute approximate surface area is 160 Å². The van der Waals surface area contributed by atoms with Crippen LogP contribution in [-0.4, -0.2) is 54.7 Å². The minimum absolute atomic E-state index is 0.413. The van der Waals surface area contributed by atoms with E-state index < -0.39 is 0 Å². The molecule has 2 saturated heterocycles. The van der Waals surface area contributed by atoms with E-state index in [1.807, 2.05) is 19.4 Å². The van der Waals surface area contributed by atoms with E-state index in [9.17, 15) is 0 Å². The van der Waals surface area contributed by atoms with Gasteiger partial charge in [-0.05, 0) is 65.9 Å². The van der Waals surface area contributed by atoms with Crippen LogP contribution in [0.4, 0.5) is 0 Å². The number of ether oxygens (including phenoxy) is 1. The van der Waals surface area contributed by atoms with Gasteiger partial charge in [0.25, 0.3) is 0 Å². The van der Waals surface area contributed by atoms with Gasteiger partial charge in [0, 0.05) is 45.4 Å². The Morgan fingerprint density at radius 1 is 1.19 bits per heavy atom. The first kappa shape index (κ1) is 18.1. The Morgan fingerprint density at radius 3 is 2.77 bits per heavy atom. The molecule has 0 aromatic carbocycles. The number of likely N-dealkylation sites (tertiary alicyclic amines) is 2. The molecule has 0 radical (unpaired) electrons. The lowest BCUT2D eigenvalue weighted by Crippen LogP contribution is -2.44. The van der Waals surface area contributed by atoms with Crippen LogP contribution in [0.15, 0.2) is 41.2 Å². The number of pyridine rings is 1. The molecule has 0 amide bonds.